The normalized spacial score (nSPS) is 13.4. The van der Waals surface area contributed by atoms with Crippen molar-refractivity contribution in [2.45, 2.75) is 24.9 Å². The highest BCUT2D eigenvalue weighted by Gasteiger charge is 2.25. The maximum absolute atomic E-state index is 11.5. The van der Waals surface area contributed by atoms with Crippen LogP contribution >= 0.6 is 23.2 Å². The Kier molecular flexibility index (Phi) is 6.39. The van der Waals surface area contributed by atoms with Crippen LogP contribution in [0.5, 0.6) is 0 Å². The molecule has 0 saturated carbocycles. The maximum Gasteiger partial charge on any atom is 0.305 e. The number of methoxy groups -OCH3 is 1. The lowest BCUT2D eigenvalue weighted by Gasteiger charge is -2.23. The number of hydrogen-bond acceptors (Lipinski definition) is 4. The highest BCUT2D eigenvalue weighted by molar-refractivity contribution is 6.30. The van der Waals surface area contributed by atoms with Gasteiger partial charge in [0.25, 0.3) is 0 Å². The van der Waals surface area contributed by atoms with Crippen molar-refractivity contribution in [3.8, 4) is 0 Å². The molecule has 122 valence electrons. The summed E-state index contributed by atoms with van der Waals surface area (Å²) in [7, 11) is 1.34. The number of nitrogens with zero attached hydrogens (tertiary/aromatic N) is 1. The molecule has 0 radical (unpaired) electrons. The van der Waals surface area contributed by atoms with Gasteiger partial charge in [-0.2, -0.15) is 0 Å². The first kappa shape index (κ1) is 17.7. The highest BCUT2D eigenvalue weighted by Crippen LogP contribution is 2.35. The van der Waals surface area contributed by atoms with E-state index in [-0.39, 0.29) is 18.3 Å². The minimum Gasteiger partial charge on any atom is -0.469 e. The first-order chi connectivity index (χ1) is 11.0. The van der Waals surface area contributed by atoms with Crippen molar-refractivity contribution in [3.63, 3.8) is 0 Å². The van der Waals surface area contributed by atoms with Crippen molar-refractivity contribution in [2.75, 3.05) is 7.11 Å². The van der Waals surface area contributed by atoms with Gasteiger partial charge in [-0.15, -0.1) is 0 Å². The molecule has 0 bridgehead atoms. The molecule has 2 atom stereocenters. The molecule has 0 aliphatic rings. The number of hydrogen-bond donors (Lipinski definition) is 1. The molecule has 1 unspecified atom stereocenters. The van der Waals surface area contributed by atoms with Crippen molar-refractivity contribution in [3.05, 3.63) is 63.9 Å². The Morgan fingerprint density at radius 3 is 2.52 bits per heavy atom. The molecular formula is C17H17Cl2NO3. The van der Waals surface area contributed by atoms with Crippen LogP contribution in [0.15, 0.2) is 42.6 Å². The van der Waals surface area contributed by atoms with Gasteiger partial charge in [0, 0.05) is 34.3 Å². The van der Waals surface area contributed by atoms with Crippen LogP contribution in [0.1, 0.15) is 36.1 Å². The Morgan fingerprint density at radius 2 is 1.91 bits per heavy atom. The summed E-state index contributed by atoms with van der Waals surface area (Å²) in [4.78, 5) is 15.7. The second kappa shape index (κ2) is 8.29. The lowest BCUT2D eigenvalue weighted by Crippen LogP contribution is -2.15. The molecule has 0 fully saturated rings. The van der Waals surface area contributed by atoms with Gasteiger partial charge in [-0.05, 0) is 36.2 Å². The SMILES string of the molecule is COC(=O)CCC(c1cc(Cl)ccn1)[C@H](O)c1ccc(Cl)cc1. The maximum atomic E-state index is 11.5. The van der Waals surface area contributed by atoms with E-state index in [2.05, 4.69) is 9.72 Å². The first-order valence-corrected chi connectivity index (χ1v) is 7.88. The lowest BCUT2D eigenvalue weighted by atomic mass is 9.88. The van der Waals surface area contributed by atoms with Gasteiger partial charge in [-0.1, -0.05) is 35.3 Å². The first-order valence-electron chi connectivity index (χ1n) is 7.13. The number of esters is 1. The molecule has 0 spiro atoms. The Morgan fingerprint density at radius 1 is 1.22 bits per heavy atom. The summed E-state index contributed by atoms with van der Waals surface area (Å²) >= 11 is 11.9. The molecule has 6 heteroatoms. The molecule has 0 saturated heterocycles. The topological polar surface area (TPSA) is 59.4 Å². The zero-order valence-corrected chi connectivity index (χ0v) is 14.1. The molecule has 1 N–H and O–H groups in total. The summed E-state index contributed by atoms with van der Waals surface area (Å²) in [5.74, 6) is -0.714. The van der Waals surface area contributed by atoms with E-state index in [0.29, 0.717) is 27.7 Å². The number of ether oxygens (including phenoxy) is 1. The molecule has 1 heterocycles. The van der Waals surface area contributed by atoms with E-state index in [0.717, 1.165) is 0 Å². The van der Waals surface area contributed by atoms with Crippen molar-refractivity contribution in [1.82, 2.24) is 4.98 Å². The quantitative estimate of drug-likeness (QED) is 0.792. The lowest BCUT2D eigenvalue weighted by molar-refractivity contribution is -0.140. The number of carbonyl (C=O) groups is 1. The zero-order valence-electron chi connectivity index (χ0n) is 12.6. The third kappa shape index (κ3) is 4.93. The van der Waals surface area contributed by atoms with Crippen LogP contribution in [0.25, 0.3) is 0 Å². The third-order valence-corrected chi connectivity index (χ3v) is 4.09. The van der Waals surface area contributed by atoms with E-state index in [1.807, 2.05) is 0 Å². The van der Waals surface area contributed by atoms with Crippen molar-refractivity contribution in [2.24, 2.45) is 0 Å². The van der Waals surface area contributed by atoms with Crippen molar-refractivity contribution < 1.29 is 14.6 Å². The number of pyridine rings is 1. The second-order valence-corrected chi connectivity index (χ2v) is 5.99. The van der Waals surface area contributed by atoms with Crippen LogP contribution in [0.4, 0.5) is 0 Å². The van der Waals surface area contributed by atoms with E-state index in [1.54, 1.807) is 42.6 Å². The minimum absolute atomic E-state index is 0.181. The van der Waals surface area contributed by atoms with E-state index < -0.39 is 6.10 Å². The van der Waals surface area contributed by atoms with Gasteiger partial charge in [-0.25, -0.2) is 0 Å². The van der Waals surface area contributed by atoms with Crippen molar-refractivity contribution >= 4 is 29.2 Å². The summed E-state index contributed by atoms with van der Waals surface area (Å²) in [5.41, 5.74) is 1.33. The van der Waals surface area contributed by atoms with E-state index >= 15 is 0 Å². The molecule has 0 aliphatic carbocycles. The number of benzene rings is 1. The summed E-state index contributed by atoms with van der Waals surface area (Å²) < 4.78 is 4.68. The van der Waals surface area contributed by atoms with Gasteiger partial charge in [0.15, 0.2) is 0 Å². The van der Waals surface area contributed by atoms with Gasteiger partial charge in [0.1, 0.15) is 0 Å². The molecule has 0 amide bonds. The number of halogens is 2. The van der Waals surface area contributed by atoms with Gasteiger partial charge >= 0.3 is 5.97 Å². The van der Waals surface area contributed by atoms with Gasteiger partial charge in [0.05, 0.1) is 13.2 Å². The average Bonchev–Trinajstić information content (AvgIpc) is 2.55. The fraction of sp³-hybridized carbons (Fsp3) is 0.294. The predicted octanol–water partition coefficient (Wildman–Crippen LogP) is 4.16. The molecule has 23 heavy (non-hydrogen) atoms. The Bertz CT molecular complexity index is 661. The van der Waals surface area contributed by atoms with Gasteiger partial charge in [-0.3, -0.25) is 9.78 Å². The molecule has 1 aromatic carbocycles. The fourth-order valence-electron chi connectivity index (χ4n) is 2.36. The van der Waals surface area contributed by atoms with Crippen LogP contribution in [0.2, 0.25) is 10.0 Å². The van der Waals surface area contributed by atoms with Crippen LogP contribution in [0.3, 0.4) is 0 Å². The van der Waals surface area contributed by atoms with E-state index in [4.69, 9.17) is 23.2 Å². The monoisotopic (exact) mass is 353 g/mol. The van der Waals surface area contributed by atoms with Crippen LogP contribution in [-0.2, 0) is 9.53 Å². The largest absolute Gasteiger partial charge is 0.469 e. The van der Waals surface area contributed by atoms with Gasteiger partial charge < -0.3 is 9.84 Å². The average molecular weight is 354 g/mol. The molecule has 2 aromatic rings. The molecule has 2 rings (SSSR count). The number of carbonyl (C=O) groups excluding carboxylic acids is 1. The van der Waals surface area contributed by atoms with Crippen LogP contribution in [0, 0.1) is 0 Å². The zero-order chi connectivity index (χ0) is 16.8. The van der Waals surface area contributed by atoms with E-state index in [9.17, 15) is 9.90 Å². The van der Waals surface area contributed by atoms with Crippen molar-refractivity contribution in [1.29, 1.82) is 0 Å². The smallest absolute Gasteiger partial charge is 0.305 e. The Labute approximate surface area is 145 Å². The third-order valence-electron chi connectivity index (χ3n) is 3.60. The second-order valence-electron chi connectivity index (χ2n) is 5.12. The molecular weight excluding hydrogens is 337 g/mol. The molecule has 1 aromatic heterocycles. The summed E-state index contributed by atoms with van der Waals surface area (Å²) in [6.45, 7) is 0. The standard InChI is InChI=1S/C17H17Cl2NO3/c1-23-16(21)7-6-14(15-10-13(19)8-9-20-15)17(22)11-2-4-12(18)5-3-11/h2-5,8-10,14,17,22H,6-7H2,1H3/t14?,17-/m1/s1. The summed E-state index contributed by atoms with van der Waals surface area (Å²) in [6, 6.07) is 10.3. The van der Waals surface area contributed by atoms with Gasteiger partial charge in [0.2, 0.25) is 0 Å². The molecule has 4 nitrogen and oxygen atoms in total. The number of aromatic nitrogens is 1. The predicted molar refractivity (Wildman–Crippen MR) is 89.6 cm³/mol. The summed E-state index contributed by atoms with van der Waals surface area (Å²) in [5, 5.41) is 11.8. The molecule has 0 aliphatic heterocycles. The number of aliphatic hydroxyl groups is 1. The summed E-state index contributed by atoms with van der Waals surface area (Å²) in [6.07, 6.45) is 1.32. The van der Waals surface area contributed by atoms with Crippen LogP contribution < -0.4 is 0 Å². The Balaban J connectivity index is 2.28. The number of aliphatic hydroxyl groups excluding tert-OH is 1. The Hall–Kier alpha value is -1.62. The van der Waals surface area contributed by atoms with E-state index in [1.165, 1.54) is 7.11 Å². The fourth-order valence-corrected chi connectivity index (χ4v) is 2.65. The number of rotatable bonds is 6. The van der Waals surface area contributed by atoms with Crippen LogP contribution in [-0.4, -0.2) is 23.2 Å². The highest BCUT2D eigenvalue weighted by atomic mass is 35.5. The minimum atomic E-state index is -0.831.